The van der Waals surface area contributed by atoms with Gasteiger partial charge in [0.15, 0.2) is 11.5 Å². The van der Waals surface area contributed by atoms with Crippen LogP contribution < -0.4 is 25.0 Å². The molecule has 2 N–H and O–H groups in total. The molecule has 0 radical (unpaired) electrons. The van der Waals surface area contributed by atoms with E-state index in [1.165, 1.54) is 20.4 Å². The van der Waals surface area contributed by atoms with Crippen LogP contribution in [0, 0.1) is 0 Å². The van der Waals surface area contributed by atoms with E-state index in [1.54, 1.807) is 54.6 Å². The molecule has 0 atom stereocenters. The van der Waals surface area contributed by atoms with Crippen LogP contribution in [-0.2, 0) is 16.2 Å². The summed E-state index contributed by atoms with van der Waals surface area (Å²) in [7, 11) is 3.03. The number of methoxy groups -OCH3 is 2. The second-order valence-corrected chi connectivity index (χ2v) is 7.15. The van der Waals surface area contributed by atoms with E-state index < -0.39 is 11.8 Å². The van der Waals surface area contributed by atoms with E-state index in [1.807, 2.05) is 12.1 Å². The first-order valence-corrected chi connectivity index (χ1v) is 10.2. The maximum Gasteiger partial charge on any atom is 0.329 e. The minimum Gasteiger partial charge on any atom is -0.497 e. The molecular weight excluding hydrogens is 446 g/mol. The molecule has 33 heavy (non-hydrogen) atoms. The van der Waals surface area contributed by atoms with Gasteiger partial charge in [-0.2, -0.15) is 5.10 Å². The zero-order chi connectivity index (χ0) is 23.6. The molecule has 3 aromatic carbocycles. The molecule has 3 rings (SSSR count). The first kappa shape index (κ1) is 23.6. The van der Waals surface area contributed by atoms with Crippen molar-refractivity contribution in [3.8, 4) is 17.2 Å². The number of ether oxygens (including phenoxy) is 3. The number of nitrogens with zero attached hydrogens (tertiary/aromatic N) is 1. The number of hydrogen-bond donors (Lipinski definition) is 2. The molecule has 0 aromatic heterocycles. The lowest BCUT2D eigenvalue weighted by atomic mass is 10.2. The molecule has 0 spiro atoms. The van der Waals surface area contributed by atoms with Crippen LogP contribution in [0.3, 0.4) is 0 Å². The van der Waals surface area contributed by atoms with Crippen molar-refractivity contribution in [3.05, 3.63) is 82.9 Å². The Hall–Kier alpha value is -4.04. The quantitative estimate of drug-likeness (QED) is 0.296. The maximum atomic E-state index is 12.0. The van der Waals surface area contributed by atoms with Gasteiger partial charge < -0.3 is 19.5 Å². The molecule has 9 heteroatoms. The summed E-state index contributed by atoms with van der Waals surface area (Å²) in [6.07, 6.45) is 1.39. The van der Waals surface area contributed by atoms with E-state index in [0.29, 0.717) is 40.1 Å². The number of amides is 2. The molecule has 0 heterocycles. The SMILES string of the molecule is COc1cccc(NC(=O)C(=O)NN=Cc2ccc(OCc3ccc(Cl)cc3)c(OC)c2)c1. The zero-order valence-electron chi connectivity index (χ0n) is 18.0. The number of carbonyl (C=O) groups is 2. The lowest BCUT2D eigenvalue weighted by molar-refractivity contribution is -0.136. The number of rotatable bonds is 8. The highest BCUT2D eigenvalue weighted by atomic mass is 35.5. The van der Waals surface area contributed by atoms with Gasteiger partial charge in [0.25, 0.3) is 0 Å². The van der Waals surface area contributed by atoms with Crippen molar-refractivity contribution < 1.29 is 23.8 Å². The highest BCUT2D eigenvalue weighted by Gasteiger charge is 2.13. The number of carbonyl (C=O) groups excluding carboxylic acids is 2. The Morgan fingerprint density at radius 3 is 2.45 bits per heavy atom. The Kier molecular flexibility index (Phi) is 8.26. The van der Waals surface area contributed by atoms with Gasteiger partial charge in [0.1, 0.15) is 12.4 Å². The van der Waals surface area contributed by atoms with Gasteiger partial charge in [-0.05, 0) is 53.6 Å². The van der Waals surface area contributed by atoms with Crippen LogP contribution in [0.15, 0.2) is 71.8 Å². The fraction of sp³-hybridized carbons (Fsp3) is 0.125. The van der Waals surface area contributed by atoms with Crippen molar-refractivity contribution in [1.82, 2.24) is 5.43 Å². The van der Waals surface area contributed by atoms with Gasteiger partial charge in [-0.1, -0.05) is 29.8 Å². The summed E-state index contributed by atoms with van der Waals surface area (Å²) >= 11 is 5.89. The summed E-state index contributed by atoms with van der Waals surface area (Å²) in [6, 6.07) is 19.2. The molecule has 0 fully saturated rings. The van der Waals surface area contributed by atoms with Crippen molar-refractivity contribution in [1.29, 1.82) is 0 Å². The average molecular weight is 468 g/mol. The second kappa shape index (κ2) is 11.5. The highest BCUT2D eigenvalue weighted by Crippen LogP contribution is 2.28. The molecule has 8 nitrogen and oxygen atoms in total. The zero-order valence-corrected chi connectivity index (χ0v) is 18.8. The predicted molar refractivity (Wildman–Crippen MR) is 126 cm³/mol. The predicted octanol–water partition coefficient (Wildman–Crippen LogP) is 4.03. The molecule has 0 unspecified atom stereocenters. The van der Waals surface area contributed by atoms with Gasteiger partial charge >= 0.3 is 11.8 Å². The van der Waals surface area contributed by atoms with E-state index in [0.717, 1.165) is 5.56 Å². The summed E-state index contributed by atoms with van der Waals surface area (Å²) in [5, 5.41) is 6.96. The summed E-state index contributed by atoms with van der Waals surface area (Å²) < 4.78 is 16.3. The summed E-state index contributed by atoms with van der Waals surface area (Å²) in [5.41, 5.74) is 4.21. The third kappa shape index (κ3) is 6.98. The van der Waals surface area contributed by atoms with Crippen LogP contribution in [0.5, 0.6) is 17.2 Å². The van der Waals surface area contributed by atoms with Gasteiger partial charge in [0, 0.05) is 16.8 Å². The monoisotopic (exact) mass is 467 g/mol. The summed E-state index contributed by atoms with van der Waals surface area (Å²) in [5.74, 6) is -0.171. The molecule has 0 saturated carbocycles. The Morgan fingerprint density at radius 1 is 0.939 bits per heavy atom. The number of anilines is 1. The normalized spacial score (nSPS) is 10.5. The highest BCUT2D eigenvalue weighted by molar-refractivity contribution is 6.39. The van der Waals surface area contributed by atoms with Crippen LogP contribution in [0.1, 0.15) is 11.1 Å². The Bertz CT molecular complexity index is 1150. The minimum absolute atomic E-state index is 0.347. The average Bonchev–Trinajstić information content (AvgIpc) is 2.84. The van der Waals surface area contributed by atoms with E-state index in [-0.39, 0.29) is 0 Å². The third-order valence-electron chi connectivity index (χ3n) is 4.41. The molecule has 0 aliphatic heterocycles. The van der Waals surface area contributed by atoms with Crippen molar-refractivity contribution in [2.24, 2.45) is 5.10 Å². The maximum absolute atomic E-state index is 12.0. The van der Waals surface area contributed by atoms with Crippen molar-refractivity contribution >= 4 is 35.3 Å². The lowest BCUT2D eigenvalue weighted by Crippen LogP contribution is -2.32. The van der Waals surface area contributed by atoms with Gasteiger partial charge in [0.2, 0.25) is 0 Å². The van der Waals surface area contributed by atoms with Crippen molar-refractivity contribution in [2.75, 3.05) is 19.5 Å². The van der Waals surface area contributed by atoms with Crippen LogP contribution in [0.25, 0.3) is 0 Å². The molecule has 2 amide bonds. The molecule has 0 aliphatic carbocycles. The second-order valence-electron chi connectivity index (χ2n) is 6.71. The first-order valence-electron chi connectivity index (χ1n) is 9.82. The smallest absolute Gasteiger partial charge is 0.329 e. The van der Waals surface area contributed by atoms with E-state index >= 15 is 0 Å². The van der Waals surface area contributed by atoms with Gasteiger partial charge in [-0.3, -0.25) is 9.59 Å². The number of benzene rings is 3. The largest absolute Gasteiger partial charge is 0.497 e. The molecule has 0 saturated heterocycles. The van der Waals surface area contributed by atoms with E-state index in [2.05, 4.69) is 15.8 Å². The van der Waals surface area contributed by atoms with Gasteiger partial charge in [0.05, 0.1) is 20.4 Å². The molecule has 0 bridgehead atoms. The minimum atomic E-state index is -0.913. The Balaban J connectivity index is 1.55. The topological polar surface area (TPSA) is 98.2 Å². The van der Waals surface area contributed by atoms with E-state index in [9.17, 15) is 9.59 Å². The lowest BCUT2D eigenvalue weighted by Gasteiger charge is -2.11. The van der Waals surface area contributed by atoms with Crippen LogP contribution in [0.4, 0.5) is 5.69 Å². The van der Waals surface area contributed by atoms with Crippen LogP contribution in [0.2, 0.25) is 5.02 Å². The van der Waals surface area contributed by atoms with Crippen molar-refractivity contribution in [3.63, 3.8) is 0 Å². The molecular formula is C24H22ClN3O5. The van der Waals surface area contributed by atoms with Gasteiger partial charge in [-0.15, -0.1) is 0 Å². The Labute approximate surface area is 196 Å². The van der Waals surface area contributed by atoms with Crippen molar-refractivity contribution in [2.45, 2.75) is 6.61 Å². The molecule has 3 aromatic rings. The third-order valence-corrected chi connectivity index (χ3v) is 4.66. The Morgan fingerprint density at radius 2 is 1.73 bits per heavy atom. The molecule has 170 valence electrons. The standard InChI is InChI=1S/C24H22ClN3O5/c1-31-20-5-3-4-19(13-20)27-23(29)24(30)28-26-14-17-8-11-21(22(12-17)32-2)33-15-16-6-9-18(25)10-7-16/h3-14H,15H2,1-2H3,(H,27,29)(H,28,30). The fourth-order valence-corrected chi connectivity index (χ4v) is 2.86. The van der Waals surface area contributed by atoms with E-state index in [4.69, 9.17) is 25.8 Å². The number of hydrogen-bond acceptors (Lipinski definition) is 6. The first-order chi connectivity index (χ1) is 16.0. The van der Waals surface area contributed by atoms with Gasteiger partial charge in [-0.25, -0.2) is 5.43 Å². The fourth-order valence-electron chi connectivity index (χ4n) is 2.73. The molecule has 0 aliphatic rings. The number of nitrogens with one attached hydrogen (secondary N) is 2. The number of hydrazone groups is 1. The van der Waals surface area contributed by atoms with Crippen LogP contribution in [-0.4, -0.2) is 32.2 Å². The van der Waals surface area contributed by atoms with Crippen LogP contribution >= 0.6 is 11.6 Å². The number of halogens is 1. The summed E-state index contributed by atoms with van der Waals surface area (Å²) in [6.45, 7) is 0.347. The summed E-state index contributed by atoms with van der Waals surface area (Å²) in [4.78, 5) is 24.0.